The van der Waals surface area contributed by atoms with Crippen molar-refractivity contribution in [2.45, 2.75) is 46.0 Å². The van der Waals surface area contributed by atoms with E-state index >= 15 is 0 Å². The zero-order valence-electron chi connectivity index (χ0n) is 13.4. The standard InChI is InChI=1S/C17H26ClNO3/c1-12(6-7-16(19)21)11-22-15-10-13(2)9-14(17(15)18)5-3-4-8-20/h9-10,12,20H,3-8,11H2,1-2H3,(H2,19,21)/t12-/m0/s1. The molecule has 5 heteroatoms. The van der Waals surface area contributed by atoms with Crippen LogP contribution in [0.25, 0.3) is 0 Å². The van der Waals surface area contributed by atoms with Crippen LogP contribution < -0.4 is 10.5 Å². The first kappa shape index (κ1) is 18.8. The van der Waals surface area contributed by atoms with Gasteiger partial charge in [0.25, 0.3) is 0 Å². The van der Waals surface area contributed by atoms with Gasteiger partial charge in [-0.3, -0.25) is 4.79 Å². The summed E-state index contributed by atoms with van der Waals surface area (Å²) in [4.78, 5) is 10.8. The number of unbranched alkanes of at least 4 members (excludes halogenated alkanes) is 1. The Bertz CT molecular complexity index is 491. The molecule has 0 aromatic heterocycles. The smallest absolute Gasteiger partial charge is 0.217 e. The second-order valence-electron chi connectivity index (χ2n) is 5.84. The summed E-state index contributed by atoms with van der Waals surface area (Å²) in [6, 6.07) is 3.99. The largest absolute Gasteiger partial charge is 0.492 e. The van der Waals surface area contributed by atoms with E-state index in [1.807, 2.05) is 19.9 Å². The Morgan fingerprint density at radius 1 is 1.41 bits per heavy atom. The third-order valence-electron chi connectivity index (χ3n) is 3.52. The predicted molar refractivity (Wildman–Crippen MR) is 89.3 cm³/mol. The molecular weight excluding hydrogens is 302 g/mol. The van der Waals surface area contributed by atoms with Crippen LogP contribution in [0.1, 0.15) is 43.7 Å². The van der Waals surface area contributed by atoms with E-state index in [-0.39, 0.29) is 18.4 Å². The van der Waals surface area contributed by atoms with Crippen LogP contribution in [-0.2, 0) is 11.2 Å². The first-order valence-electron chi connectivity index (χ1n) is 7.75. The molecule has 0 radical (unpaired) electrons. The lowest BCUT2D eigenvalue weighted by Gasteiger charge is -2.16. The molecule has 1 aromatic rings. The van der Waals surface area contributed by atoms with Crippen LogP contribution in [0.15, 0.2) is 12.1 Å². The monoisotopic (exact) mass is 327 g/mol. The highest BCUT2D eigenvalue weighted by Gasteiger charge is 2.11. The van der Waals surface area contributed by atoms with E-state index in [1.165, 1.54) is 0 Å². The van der Waals surface area contributed by atoms with Gasteiger partial charge in [-0.25, -0.2) is 0 Å². The fourth-order valence-electron chi connectivity index (χ4n) is 2.23. The minimum Gasteiger partial charge on any atom is -0.492 e. The second kappa shape index (κ2) is 9.70. The first-order chi connectivity index (χ1) is 10.4. The number of hydrogen-bond acceptors (Lipinski definition) is 3. The van der Waals surface area contributed by atoms with Crippen LogP contribution in [0.3, 0.4) is 0 Å². The molecule has 3 N–H and O–H groups in total. The predicted octanol–water partition coefficient (Wildman–Crippen LogP) is 3.24. The summed E-state index contributed by atoms with van der Waals surface area (Å²) < 4.78 is 5.83. The highest BCUT2D eigenvalue weighted by atomic mass is 35.5. The summed E-state index contributed by atoms with van der Waals surface area (Å²) in [5.41, 5.74) is 7.30. The van der Waals surface area contributed by atoms with E-state index < -0.39 is 0 Å². The number of hydrogen-bond donors (Lipinski definition) is 2. The third-order valence-corrected chi connectivity index (χ3v) is 3.95. The van der Waals surface area contributed by atoms with Crippen LogP contribution in [0.4, 0.5) is 0 Å². The number of primary amides is 1. The number of aryl methyl sites for hydroxylation is 2. The van der Waals surface area contributed by atoms with Gasteiger partial charge in [-0.2, -0.15) is 0 Å². The number of ether oxygens (including phenoxy) is 1. The Hall–Kier alpha value is -1.26. The third kappa shape index (κ3) is 6.67. The number of benzene rings is 1. The van der Waals surface area contributed by atoms with Crippen molar-refractivity contribution >= 4 is 17.5 Å². The van der Waals surface area contributed by atoms with Gasteiger partial charge in [0.15, 0.2) is 0 Å². The molecule has 1 aromatic carbocycles. The normalized spacial score (nSPS) is 12.2. The van der Waals surface area contributed by atoms with Crippen molar-refractivity contribution in [2.24, 2.45) is 11.7 Å². The van der Waals surface area contributed by atoms with Crippen molar-refractivity contribution in [1.82, 2.24) is 0 Å². The number of amides is 1. The molecule has 0 saturated heterocycles. The van der Waals surface area contributed by atoms with E-state index in [2.05, 4.69) is 6.07 Å². The van der Waals surface area contributed by atoms with Crippen molar-refractivity contribution in [3.63, 3.8) is 0 Å². The van der Waals surface area contributed by atoms with Crippen LogP contribution >= 0.6 is 11.6 Å². The van der Waals surface area contributed by atoms with Gasteiger partial charge in [0, 0.05) is 13.0 Å². The molecule has 1 atom stereocenters. The van der Waals surface area contributed by atoms with E-state index in [9.17, 15) is 4.79 Å². The maximum Gasteiger partial charge on any atom is 0.217 e. The molecule has 1 amide bonds. The van der Waals surface area contributed by atoms with Crippen molar-refractivity contribution in [1.29, 1.82) is 0 Å². The number of carbonyl (C=O) groups is 1. The molecule has 0 aliphatic rings. The maximum absolute atomic E-state index is 10.8. The summed E-state index contributed by atoms with van der Waals surface area (Å²) in [7, 11) is 0. The molecule has 0 saturated carbocycles. The van der Waals surface area contributed by atoms with Gasteiger partial charge >= 0.3 is 0 Å². The molecule has 0 aliphatic carbocycles. The van der Waals surface area contributed by atoms with E-state index in [4.69, 9.17) is 27.2 Å². The minimum atomic E-state index is -0.286. The van der Waals surface area contributed by atoms with Gasteiger partial charge in [-0.05, 0) is 55.7 Å². The molecular formula is C17H26ClNO3. The molecule has 22 heavy (non-hydrogen) atoms. The molecule has 0 spiro atoms. The topological polar surface area (TPSA) is 72.6 Å². The molecule has 1 rings (SSSR count). The van der Waals surface area contributed by atoms with Gasteiger partial charge in [-0.15, -0.1) is 0 Å². The Morgan fingerprint density at radius 3 is 2.77 bits per heavy atom. The zero-order chi connectivity index (χ0) is 16.5. The average molecular weight is 328 g/mol. The van der Waals surface area contributed by atoms with E-state index in [0.717, 1.165) is 30.4 Å². The van der Waals surface area contributed by atoms with Crippen LogP contribution in [0.5, 0.6) is 5.75 Å². The summed E-state index contributed by atoms with van der Waals surface area (Å²) in [6.45, 7) is 4.74. The summed E-state index contributed by atoms with van der Waals surface area (Å²) in [6.07, 6.45) is 3.58. The Labute approximate surface area is 137 Å². The van der Waals surface area contributed by atoms with E-state index in [0.29, 0.717) is 30.2 Å². The number of aliphatic hydroxyl groups excluding tert-OH is 1. The lowest BCUT2D eigenvalue weighted by molar-refractivity contribution is -0.118. The zero-order valence-corrected chi connectivity index (χ0v) is 14.2. The Morgan fingerprint density at radius 2 is 2.14 bits per heavy atom. The summed E-state index contributed by atoms with van der Waals surface area (Å²) in [5, 5.41) is 9.51. The summed E-state index contributed by atoms with van der Waals surface area (Å²) in [5.74, 6) is 0.639. The number of halogens is 1. The van der Waals surface area contributed by atoms with Crippen LogP contribution in [0.2, 0.25) is 5.02 Å². The van der Waals surface area contributed by atoms with Gasteiger partial charge in [-0.1, -0.05) is 24.6 Å². The second-order valence-corrected chi connectivity index (χ2v) is 6.22. The minimum absolute atomic E-state index is 0.199. The number of nitrogens with two attached hydrogens (primary N) is 1. The van der Waals surface area contributed by atoms with Gasteiger partial charge in [0.2, 0.25) is 5.91 Å². The van der Waals surface area contributed by atoms with Gasteiger partial charge in [0.1, 0.15) is 5.75 Å². The molecule has 0 heterocycles. The number of rotatable bonds is 10. The van der Waals surface area contributed by atoms with Crippen molar-refractivity contribution in [2.75, 3.05) is 13.2 Å². The average Bonchev–Trinajstić information content (AvgIpc) is 2.46. The molecule has 0 unspecified atom stereocenters. The maximum atomic E-state index is 10.8. The first-order valence-corrected chi connectivity index (χ1v) is 8.12. The fraction of sp³-hybridized carbons (Fsp3) is 0.588. The van der Waals surface area contributed by atoms with Gasteiger partial charge < -0.3 is 15.6 Å². The number of carbonyl (C=O) groups excluding carboxylic acids is 1. The highest BCUT2D eigenvalue weighted by molar-refractivity contribution is 6.32. The fourth-order valence-corrected chi connectivity index (χ4v) is 2.48. The summed E-state index contributed by atoms with van der Waals surface area (Å²) >= 11 is 6.41. The Balaban J connectivity index is 2.63. The van der Waals surface area contributed by atoms with Crippen molar-refractivity contribution < 1.29 is 14.6 Å². The SMILES string of the molecule is Cc1cc(CCCCO)c(Cl)c(OC[C@@H](C)CCC(N)=O)c1. The van der Waals surface area contributed by atoms with Crippen LogP contribution in [0, 0.1) is 12.8 Å². The quantitative estimate of drug-likeness (QED) is 0.648. The van der Waals surface area contributed by atoms with E-state index in [1.54, 1.807) is 0 Å². The molecule has 124 valence electrons. The lowest BCUT2D eigenvalue weighted by atomic mass is 10.0. The molecule has 4 nitrogen and oxygen atoms in total. The van der Waals surface area contributed by atoms with Crippen molar-refractivity contribution in [3.8, 4) is 5.75 Å². The van der Waals surface area contributed by atoms with Crippen molar-refractivity contribution in [3.05, 3.63) is 28.3 Å². The molecule has 0 fully saturated rings. The lowest BCUT2D eigenvalue weighted by Crippen LogP contribution is -2.15. The molecule has 0 bridgehead atoms. The Kier molecular flexibility index (Phi) is 8.28. The molecule has 0 aliphatic heterocycles. The number of aliphatic hydroxyl groups is 1. The van der Waals surface area contributed by atoms with Gasteiger partial charge in [0.05, 0.1) is 11.6 Å². The highest BCUT2D eigenvalue weighted by Crippen LogP contribution is 2.31. The van der Waals surface area contributed by atoms with Crippen LogP contribution in [-0.4, -0.2) is 24.2 Å².